The summed E-state index contributed by atoms with van der Waals surface area (Å²) in [6, 6.07) is 56.8. The minimum Gasteiger partial charge on any atom is -0.375 e. The number of rotatable bonds is 1. The SMILES string of the molecule is c1ccc2cc(N3c4cc5sc6ccccc6c5c5c4B(c4ccc6ccccc6c43)n3c4ccccc4c4cccc-5c43)ccc2c1. The van der Waals surface area contributed by atoms with Gasteiger partial charge in [-0.15, -0.1) is 11.3 Å². The minimum absolute atomic E-state index is 0.0201. The molecule has 8 aromatic carbocycles. The van der Waals surface area contributed by atoms with Gasteiger partial charge in [-0.1, -0.05) is 121 Å². The average molecular weight is 625 g/mol. The zero-order chi connectivity index (χ0) is 31.1. The van der Waals surface area contributed by atoms with E-state index in [-0.39, 0.29) is 6.85 Å². The number of benzene rings is 8. The molecule has 0 amide bonds. The Hall–Kier alpha value is -5.84. The van der Waals surface area contributed by atoms with Gasteiger partial charge in [-0.2, -0.15) is 0 Å². The molecule has 0 saturated carbocycles. The molecule has 2 aliphatic rings. The van der Waals surface area contributed by atoms with Crippen molar-refractivity contribution in [3.8, 4) is 11.1 Å². The van der Waals surface area contributed by atoms with Crippen LogP contribution in [0.1, 0.15) is 0 Å². The third kappa shape index (κ3) is 3.05. The summed E-state index contributed by atoms with van der Waals surface area (Å²) in [5.41, 5.74) is 11.8. The molecule has 2 aromatic heterocycles. The van der Waals surface area contributed by atoms with Crippen molar-refractivity contribution in [1.82, 2.24) is 4.48 Å². The fourth-order valence-electron chi connectivity index (χ4n) is 9.02. The van der Waals surface area contributed by atoms with Gasteiger partial charge in [-0.05, 0) is 63.0 Å². The summed E-state index contributed by atoms with van der Waals surface area (Å²) in [4.78, 5) is 2.58. The molecule has 0 unspecified atom stereocenters. The maximum Gasteiger partial charge on any atom is 0.333 e. The fraction of sp³-hybridized carbons (Fsp3) is 0. The predicted octanol–water partition coefficient (Wildman–Crippen LogP) is 10.9. The van der Waals surface area contributed by atoms with Crippen molar-refractivity contribution in [3.05, 3.63) is 152 Å². The first-order valence-electron chi connectivity index (χ1n) is 16.6. The zero-order valence-electron chi connectivity index (χ0n) is 25.8. The number of hydrogen-bond acceptors (Lipinski definition) is 2. The third-order valence-electron chi connectivity index (χ3n) is 10.9. The van der Waals surface area contributed by atoms with Crippen LogP contribution in [-0.4, -0.2) is 11.3 Å². The molecule has 2 aliphatic heterocycles. The molecule has 0 atom stereocenters. The van der Waals surface area contributed by atoms with Crippen LogP contribution in [0, 0.1) is 0 Å². The lowest BCUT2D eigenvalue weighted by Crippen LogP contribution is -2.56. The largest absolute Gasteiger partial charge is 0.375 e. The van der Waals surface area contributed by atoms with Gasteiger partial charge in [-0.3, -0.25) is 0 Å². The summed E-state index contributed by atoms with van der Waals surface area (Å²) in [5.74, 6) is 0. The van der Waals surface area contributed by atoms with Crippen molar-refractivity contribution in [2.24, 2.45) is 0 Å². The smallest absolute Gasteiger partial charge is 0.333 e. The highest BCUT2D eigenvalue weighted by molar-refractivity contribution is 7.26. The quantitative estimate of drug-likeness (QED) is 0.165. The second-order valence-corrected chi connectivity index (χ2v) is 14.3. The van der Waals surface area contributed by atoms with Crippen LogP contribution in [0.5, 0.6) is 0 Å². The van der Waals surface area contributed by atoms with Crippen molar-refractivity contribution in [2.45, 2.75) is 0 Å². The second kappa shape index (κ2) is 8.94. The van der Waals surface area contributed by atoms with Gasteiger partial charge in [0.25, 0.3) is 0 Å². The van der Waals surface area contributed by atoms with E-state index in [0.717, 1.165) is 0 Å². The van der Waals surface area contributed by atoms with Crippen molar-refractivity contribution in [1.29, 1.82) is 0 Å². The Morgan fingerprint density at radius 2 is 1.25 bits per heavy atom. The maximum absolute atomic E-state index is 2.66. The van der Waals surface area contributed by atoms with E-state index in [2.05, 4.69) is 161 Å². The molecule has 2 nitrogen and oxygen atoms in total. The van der Waals surface area contributed by atoms with Crippen molar-refractivity contribution in [2.75, 3.05) is 4.90 Å². The molecule has 0 N–H and O–H groups in total. The monoisotopic (exact) mass is 624 g/mol. The molecule has 220 valence electrons. The van der Waals surface area contributed by atoms with Crippen LogP contribution >= 0.6 is 11.3 Å². The topological polar surface area (TPSA) is 8.17 Å². The molecule has 4 heterocycles. The van der Waals surface area contributed by atoms with Crippen LogP contribution in [0.4, 0.5) is 17.1 Å². The average Bonchev–Trinajstić information content (AvgIpc) is 3.69. The van der Waals surface area contributed by atoms with Gasteiger partial charge in [0.1, 0.15) is 0 Å². The molecule has 0 spiro atoms. The van der Waals surface area contributed by atoms with E-state index in [9.17, 15) is 0 Å². The maximum atomic E-state index is 2.66. The summed E-state index contributed by atoms with van der Waals surface area (Å²) in [6.45, 7) is 0.0201. The first kappa shape index (κ1) is 25.3. The normalized spacial score (nSPS) is 13.3. The van der Waals surface area contributed by atoms with E-state index in [1.807, 2.05) is 11.3 Å². The van der Waals surface area contributed by atoms with Gasteiger partial charge in [0.05, 0.1) is 5.69 Å². The number of para-hydroxylation sites is 2. The number of nitrogens with zero attached hydrogens (tertiary/aromatic N) is 2. The Morgan fingerprint density at radius 3 is 2.17 bits per heavy atom. The molecule has 48 heavy (non-hydrogen) atoms. The predicted molar refractivity (Wildman–Crippen MR) is 208 cm³/mol. The van der Waals surface area contributed by atoms with E-state index in [1.54, 1.807) is 0 Å². The van der Waals surface area contributed by atoms with Gasteiger partial charge in [0, 0.05) is 64.3 Å². The lowest BCUT2D eigenvalue weighted by atomic mass is 9.44. The standard InChI is InChI=1S/C44H25BN2S/c1-2-12-28-24-29(22-20-26(28)10-1)46-37-25-39-40(33-15-6-8-19-38(33)48-39)41-34-17-9-16-32-31-14-5-7-18-36(31)47(43(32)34)45(42(37)41)35-23-21-27-11-3-4-13-30(27)44(35)46/h1-25H. The number of hydrogen-bond donors (Lipinski definition) is 0. The summed E-state index contributed by atoms with van der Waals surface area (Å²) >= 11 is 1.92. The highest BCUT2D eigenvalue weighted by Gasteiger charge is 2.44. The van der Waals surface area contributed by atoms with Crippen molar-refractivity contribution < 1.29 is 0 Å². The third-order valence-corrected chi connectivity index (χ3v) is 12.0. The lowest BCUT2D eigenvalue weighted by Gasteiger charge is -2.41. The molecule has 0 bridgehead atoms. The van der Waals surface area contributed by atoms with Gasteiger partial charge in [-0.25, -0.2) is 0 Å². The van der Waals surface area contributed by atoms with Crippen molar-refractivity contribution in [3.63, 3.8) is 0 Å². The number of aromatic nitrogens is 1. The van der Waals surface area contributed by atoms with Gasteiger partial charge in [0.2, 0.25) is 0 Å². The Morgan fingerprint density at radius 1 is 0.521 bits per heavy atom. The molecule has 12 rings (SSSR count). The molecule has 0 radical (unpaired) electrons. The summed E-state index contributed by atoms with van der Waals surface area (Å²) in [6.07, 6.45) is 0. The summed E-state index contributed by atoms with van der Waals surface area (Å²) < 4.78 is 5.33. The zero-order valence-corrected chi connectivity index (χ0v) is 26.6. The Kier molecular flexibility index (Phi) is 4.71. The highest BCUT2D eigenvalue weighted by Crippen LogP contribution is 2.51. The Bertz CT molecular complexity index is 3040. The van der Waals surface area contributed by atoms with E-state index in [0.29, 0.717) is 0 Å². The van der Waals surface area contributed by atoms with Crippen LogP contribution in [0.2, 0.25) is 0 Å². The molecule has 0 aliphatic carbocycles. The first-order chi connectivity index (χ1) is 23.8. The summed E-state index contributed by atoms with van der Waals surface area (Å²) in [5, 5.41) is 10.4. The second-order valence-electron chi connectivity index (χ2n) is 13.2. The number of anilines is 3. The van der Waals surface area contributed by atoms with Crippen LogP contribution in [0.3, 0.4) is 0 Å². The van der Waals surface area contributed by atoms with E-state index in [4.69, 9.17) is 0 Å². The van der Waals surface area contributed by atoms with E-state index in [1.165, 1.54) is 103 Å². The number of thiophene rings is 1. The van der Waals surface area contributed by atoms with Gasteiger partial charge >= 0.3 is 6.85 Å². The lowest BCUT2D eigenvalue weighted by molar-refractivity contribution is 1.27. The van der Waals surface area contributed by atoms with Gasteiger partial charge in [0.15, 0.2) is 0 Å². The fourth-order valence-corrected chi connectivity index (χ4v) is 10.2. The van der Waals surface area contributed by atoms with Crippen LogP contribution in [-0.2, 0) is 0 Å². The molecule has 10 aromatic rings. The molecule has 0 saturated heterocycles. The number of fused-ring (bicyclic) bond motifs is 14. The van der Waals surface area contributed by atoms with E-state index < -0.39 is 0 Å². The molecular formula is C44H25BN2S. The van der Waals surface area contributed by atoms with Crippen LogP contribution in [0.25, 0.3) is 74.6 Å². The molecule has 4 heteroatoms. The Labute approximate surface area is 280 Å². The Balaban J connectivity index is 1.34. The van der Waals surface area contributed by atoms with Gasteiger partial charge < -0.3 is 9.38 Å². The van der Waals surface area contributed by atoms with E-state index >= 15 is 0 Å². The van der Waals surface area contributed by atoms with Crippen molar-refractivity contribution >= 4 is 110 Å². The first-order valence-corrected chi connectivity index (χ1v) is 17.5. The minimum atomic E-state index is 0.0201. The van der Waals surface area contributed by atoms with Crippen LogP contribution in [0.15, 0.2) is 152 Å². The molecular weight excluding hydrogens is 599 g/mol. The highest BCUT2D eigenvalue weighted by atomic mass is 32.1. The molecule has 0 fully saturated rings. The van der Waals surface area contributed by atoms with Crippen LogP contribution < -0.4 is 15.8 Å². The summed E-state index contributed by atoms with van der Waals surface area (Å²) in [7, 11) is 0.